The summed E-state index contributed by atoms with van der Waals surface area (Å²) in [5.41, 5.74) is 3.38. The van der Waals surface area contributed by atoms with Crippen LogP contribution < -0.4 is 10.1 Å². The summed E-state index contributed by atoms with van der Waals surface area (Å²) in [6.45, 7) is 3.87. The van der Waals surface area contributed by atoms with Crippen LogP contribution in [0.1, 0.15) is 53.4 Å². The van der Waals surface area contributed by atoms with Crippen molar-refractivity contribution >= 4 is 28.5 Å². The van der Waals surface area contributed by atoms with Crippen molar-refractivity contribution in [3.8, 4) is 5.75 Å². The number of aliphatic hydroxyl groups is 1. The molecule has 3 atom stereocenters. The number of ether oxygens (including phenoxy) is 2. The van der Waals surface area contributed by atoms with E-state index in [0.29, 0.717) is 30.2 Å². The minimum Gasteiger partial charge on any atom is -0.497 e. The van der Waals surface area contributed by atoms with Crippen LogP contribution in [-0.4, -0.2) is 60.9 Å². The number of nitrogens with one attached hydrogen (secondary N) is 1. The molecular formula is C35H42ClN3O4. The zero-order valence-electron chi connectivity index (χ0n) is 25.5. The number of benzene rings is 3. The van der Waals surface area contributed by atoms with Gasteiger partial charge in [0.05, 0.1) is 19.3 Å². The third kappa shape index (κ3) is 6.75. The molecule has 5 rings (SSSR count). The van der Waals surface area contributed by atoms with E-state index in [2.05, 4.69) is 22.3 Å². The average Bonchev–Trinajstić information content (AvgIpc) is 3.29. The number of carbonyl (C=O) groups is 1. The van der Waals surface area contributed by atoms with Gasteiger partial charge >= 0.3 is 5.97 Å². The molecule has 0 radical (unpaired) electrons. The van der Waals surface area contributed by atoms with Crippen molar-refractivity contribution in [1.82, 2.24) is 14.8 Å². The molecule has 3 aromatic carbocycles. The Morgan fingerprint density at radius 2 is 1.91 bits per heavy atom. The second-order valence-electron chi connectivity index (χ2n) is 11.7. The molecule has 0 spiro atoms. The van der Waals surface area contributed by atoms with Gasteiger partial charge in [-0.15, -0.1) is 0 Å². The van der Waals surface area contributed by atoms with Crippen LogP contribution in [0.4, 0.5) is 0 Å². The zero-order chi connectivity index (χ0) is 30.6. The Morgan fingerprint density at radius 1 is 1.12 bits per heavy atom. The van der Waals surface area contributed by atoms with Crippen molar-refractivity contribution in [1.29, 1.82) is 0 Å². The van der Waals surface area contributed by atoms with Crippen molar-refractivity contribution in [2.45, 2.75) is 50.9 Å². The molecule has 3 unspecified atom stereocenters. The van der Waals surface area contributed by atoms with Crippen molar-refractivity contribution in [3.05, 3.63) is 100 Å². The van der Waals surface area contributed by atoms with E-state index in [9.17, 15) is 9.90 Å². The van der Waals surface area contributed by atoms with Crippen LogP contribution >= 0.6 is 11.6 Å². The molecule has 228 valence electrons. The zero-order valence-corrected chi connectivity index (χ0v) is 26.2. The Morgan fingerprint density at radius 3 is 2.63 bits per heavy atom. The lowest BCUT2D eigenvalue weighted by Gasteiger charge is -2.45. The highest BCUT2D eigenvalue weighted by Gasteiger charge is 2.43. The lowest BCUT2D eigenvalue weighted by atomic mass is 9.69. The standard InChI is InChI=1S/C35H42ClN3O4/c1-5-43-34(40)33-31(30-20-27(36)14-15-32(30)39(33)22-24-10-7-6-8-11-24)21-37-28-16-17-35(41,26(18-28)23-38(2)3)25-12-9-13-29(19-25)42-4/h6-15,19-20,26,28,37,41H,5,16-18,21-23H2,1-4H3. The highest BCUT2D eigenvalue weighted by Crippen LogP contribution is 2.43. The third-order valence-corrected chi connectivity index (χ3v) is 8.86. The second kappa shape index (κ2) is 13.5. The molecular weight excluding hydrogens is 562 g/mol. The average molecular weight is 604 g/mol. The summed E-state index contributed by atoms with van der Waals surface area (Å²) in [4.78, 5) is 15.6. The summed E-state index contributed by atoms with van der Waals surface area (Å²) in [6, 6.07) is 23.8. The SMILES string of the molecule is CCOC(=O)c1c(CNC2CCC(O)(c3cccc(OC)c3)C(CN(C)C)C2)c2cc(Cl)ccc2n1Cc1ccccc1. The Labute approximate surface area is 259 Å². The number of methoxy groups -OCH3 is 1. The van der Waals surface area contributed by atoms with Crippen LogP contribution in [0, 0.1) is 5.92 Å². The molecule has 8 heteroatoms. The Kier molecular flexibility index (Phi) is 9.77. The van der Waals surface area contributed by atoms with Crippen LogP contribution in [0.3, 0.4) is 0 Å². The van der Waals surface area contributed by atoms with Gasteiger partial charge < -0.3 is 29.4 Å². The van der Waals surface area contributed by atoms with Crippen molar-refractivity contribution in [2.75, 3.05) is 34.4 Å². The summed E-state index contributed by atoms with van der Waals surface area (Å²) in [5, 5.41) is 17.4. The topological polar surface area (TPSA) is 76.0 Å². The third-order valence-electron chi connectivity index (χ3n) is 8.62. The van der Waals surface area contributed by atoms with Gasteiger partial charge in [-0.3, -0.25) is 0 Å². The highest BCUT2D eigenvalue weighted by molar-refractivity contribution is 6.31. The lowest BCUT2D eigenvalue weighted by Crippen LogP contribution is -2.49. The van der Waals surface area contributed by atoms with Gasteiger partial charge in [0, 0.05) is 53.1 Å². The fourth-order valence-electron chi connectivity index (χ4n) is 6.56. The molecule has 1 saturated carbocycles. The van der Waals surface area contributed by atoms with Gasteiger partial charge in [0.2, 0.25) is 0 Å². The summed E-state index contributed by atoms with van der Waals surface area (Å²) in [5.74, 6) is 0.398. The van der Waals surface area contributed by atoms with Gasteiger partial charge in [0.1, 0.15) is 11.4 Å². The number of nitrogens with zero attached hydrogens (tertiary/aromatic N) is 2. The van der Waals surface area contributed by atoms with Gasteiger partial charge in [-0.1, -0.05) is 54.1 Å². The molecule has 1 aliphatic rings. The molecule has 1 aliphatic carbocycles. The molecule has 0 aliphatic heterocycles. The Balaban J connectivity index is 1.46. The number of esters is 1. The van der Waals surface area contributed by atoms with Crippen LogP contribution in [-0.2, 0) is 23.4 Å². The van der Waals surface area contributed by atoms with Crippen LogP contribution in [0.25, 0.3) is 10.9 Å². The van der Waals surface area contributed by atoms with E-state index in [1.54, 1.807) is 7.11 Å². The maximum Gasteiger partial charge on any atom is 0.355 e. The maximum absolute atomic E-state index is 13.5. The van der Waals surface area contributed by atoms with Gasteiger partial charge in [0.25, 0.3) is 0 Å². The molecule has 4 aromatic rings. The monoisotopic (exact) mass is 603 g/mol. The van der Waals surface area contributed by atoms with Crippen molar-refractivity contribution in [3.63, 3.8) is 0 Å². The van der Waals surface area contributed by atoms with E-state index in [1.807, 2.05) is 86.2 Å². The fraction of sp³-hybridized carbons (Fsp3) is 0.400. The first kappa shape index (κ1) is 31.1. The molecule has 1 fully saturated rings. The number of hydrogen-bond acceptors (Lipinski definition) is 6. The van der Waals surface area contributed by atoms with Crippen LogP contribution in [0.15, 0.2) is 72.8 Å². The van der Waals surface area contributed by atoms with Crippen molar-refractivity contribution < 1.29 is 19.4 Å². The first-order chi connectivity index (χ1) is 20.7. The molecule has 43 heavy (non-hydrogen) atoms. The van der Waals surface area contributed by atoms with E-state index in [-0.39, 0.29) is 24.5 Å². The predicted octanol–water partition coefficient (Wildman–Crippen LogP) is 6.24. The Bertz CT molecular complexity index is 1550. The maximum atomic E-state index is 13.5. The van der Waals surface area contributed by atoms with Crippen molar-refractivity contribution in [2.24, 2.45) is 5.92 Å². The molecule has 7 nitrogen and oxygen atoms in total. The van der Waals surface area contributed by atoms with E-state index in [0.717, 1.165) is 52.7 Å². The van der Waals surface area contributed by atoms with E-state index in [1.165, 1.54) is 0 Å². The molecule has 0 saturated heterocycles. The number of rotatable bonds is 11. The minimum atomic E-state index is -0.966. The summed E-state index contributed by atoms with van der Waals surface area (Å²) >= 11 is 6.49. The van der Waals surface area contributed by atoms with E-state index >= 15 is 0 Å². The first-order valence-electron chi connectivity index (χ1n) is 15.0. The summed E-state index contributed by atoms with van der Waals surface area (Å²) < 4.78 is 13.1. The minimum absolute atomic E-state index is 0.000694. The number of carbonyl (C=O) groups excluding carboxylic acids is 1. The lowest BCUT2D eigenvalue weighted by molar-refractivity contribution is -0.0694. The number of halogens is 1. The molecule has 2 N–H and O–H groups in total. The van der Waals surface area contributed by atoms with E-state index < -0.39 is 5.60 Å². The largest absolute Gasteiger partial charge is 0.497 e. The first-order valence-corrected chi connectivity index (χ1v) is 15.4. The Hall–Kier alpha value is -3.36. The van der Waals surface area contributed by atoms with Gasteiger partial charge in [-0.25, -0.2) is 4.79 Å². The highest BCUT2D eigenvalue weighted by atomic mass is 35.5. The molecule has 1 aromatic heterocycles. The normalized spacial score (nSPS) is 20.4. The van der Waals surface area contributed by atoms with Gasteiger partial charge in [-0.2, -0.15) is 0 Å². The van der Waals surface area contributed by atoms with E-state index in [4.69, 9.17) is 21.1 Å². The van der Waals surface area contributed by atoms with Gasteiger partial charge in [-0.05, 0) is 81.7 Å². The smallest absolute Gasteiger partial charge is 0.355 e. The van der Waals surface area contributed by atoms with Gasteiger partial charge in [0.15, 0.2) is 0 Å². The molecule has 0 amide bonds. The quantitative estimate of drug-likeness (QED) is 0.198. The second-order valence-corrected chi connectivity index (χ2v) is 12.2. The van der Waals surface area contributed by atoms with Crippen LogP contribution in [0.2, 0.25) is 5.02 Å². The summed E-state index contributed by atoms with van der Waals surface area (Å²) in [7, 11) is 5.73. The number of fused-ring (bicyclic) bond motifs is 1. The molecule has 0 bridgehead atoms. The predicted molar refractivity (Wildman–Crippen MR) is 172 cm³/mol. The van der Waals surface area contributed by atoms with Crippen LogP contribution in [0.5, 0.6) is 5.75 Å². The number of hydrogen-bond donors (Lipinski definition) is 2. The number of aromatic nitrogens is 1. The molecule has 1 heterocycles. The summed E-state index contributed by atoms with van der Waals surface area (Å²) in [6.07, 6.45) is 2.18. The fourth-order valence-corrected chi connectivity index (χ4v) is 6.74.